The van der Waals surface area contributed by atoms with Gasteiger partial charge in [-0.3, -0.25) is 9.69 Å². The number of hydrogen-bond acceptors (Lipinski definition) is 4. The van der Waals surface area contributed by atoms with Crippen LogP contribution in [0.5, 0.6) is 0 Å². The molecule has 6 heteroatoms. The third-order valence-electron chi connectivity index (χ3n) is 5.58. The number of nitrogens with one attached hydrogen (secondary N) is 1. The number of rotatable bonds is 5. The van der Waals surface area contributed by atoms with E-state index in [4.69, 9.17) is 9.72 Å². The number of aromatic amines is 1. The van der Waals surface area contributed by atoms with E-state index in [1.54, 1.807) is 17.5 Å². The van der Waals surface area contributed by atoms with Gasteiger partial charge < -0.3 is 9.72 Å². The summed E-state index contributed by atoms with van der Waals surface area (Å²) < 4.78 is 6.97. The van der Waals surface area contributed by atoms with Gasteiger partial charge in [0.15, 0.2) is 5.13 Å². The van der Waals surface area contributed by atoms with E-state index in [2.05, 4.69) is 30.1 Å². The fourth-order valence-corrected chi connectivity index (χ4v) is 5.05. The van der Waals surface area contributed by atoms with Crippen molar-refractivity contribution >= 4 is 43.5 Å². The molecule has 0 radical (unpaired) electrons. The second-order valence-corrected chi connectivity index (χ2v) is 8.42. The highest BCUT2D eigenvalue weighted by atomic mass is 32.1. The van der Waals surface area contributed by atoms with Gasteiger partial charge in [-0.2, -0.15) is 0 Å². The van der Waals surface area contributed by atoms with Crippen LogP contribution in [0.15, 0.2) is 48.7 Å². The topological polar surface area (TPSA) is 58.2 Å². The fourth-order valence-electron chi connectivity index (χ4n) is 4.03. The van der Waals surface area contributed by atoms with E-state index >= 15 is 0 Å². The van der Waals surface area contributed by atoms with Crippen molar-refractivity contribution in [2.75, 3.05) is 18.1 Å². The Morgan fingerprint density at radius 3 is 3.00 bits per heavy atom. The number of nitrogens with zero attached hydrogens (tertiary/aromatic N) is 2. The van der Waals surface area contributed by atoms with Crippen LogP contribution in [0, 0.1) is 0 Å². The maximum Gasteiger partial charge on any atom is 0.262 e. The minimum absolute atomic E-state index is 0.0324. The largest absolute Gasteiger partial charge is 0.376 e. The van der Waals surface area contributed by atoms with Gasteiger partial charge in [0.1, 0.15) is 0 Å². The molecule has 1 fully saturated rings. The Bertz CT molecular complexity index is 1170. The Balaban J connectivity index is 1.58. The zero-order valence-corrected chi connectivity index (χ0v) is 17.2. The van der Waals surface area contributed by atoms with Crippen LogP contribution in [0.4, 0.5) is 5.13 Å². The number of benzene rings is 2. The molecular weight excluding hydrogens is 382 g/mol. The number of amides is 1. The summed E-state index contributed by atoms with van der Waals surface area (Å²) in [7, 11) is 0. The lowest BCUT2D eigenvalue weighted by Crippen LogP contribution is -2.37. The molecule has 1 unspecified atom stereocenters. The Hall–Kier alpha value is -2.70. The third-order valence-corrected chi connectivity index (χ3v) is 6.62. The predicted octanol–water partition coefficient (Wildman–Crippen LogP) is 5.17. The average Bonchev–Trinajstić information content (AvgIpc) is 3.50. The molecule has 1 saturated heterocycles. The first-order chi connectivity index (χ1) is 14.2. The highest BCUT2D eigenvalue weighted by Crippen LogP contribution is 2.33. The molecule has 2 aromatic carbocycles. The van der Waals surface area contributed by atoms with E-state index in [1.807, 2.05) is 29.2 Å². The number of anilines is 1. The van der Waals surface area contributed by atoms with Crippen LogP contribution >= 0.6 is 11.3 Å². The predicted molar refractivity (Wildman–Crippen MR) is 118 cm³/mol. The van der Waals surface area contributed by atoms with Crippen molar-refractivity contribution in [3.05, 3.63) is 59.8 Å². The molecule has 1 N–H and O–H groups in total. The number of ether oxygens (including phenoxy) is 1. The van der Waals surface area contributed by atoms with E-state index in [9.17, 15) is 4.79 Å². The van der Waals surface area contributed by atoms with Gasteiger partial charge in [0.05, 0.1) is 28.4 Å². The second kappa shape index (κ2) is 7.61. The first kappa shape index (κ1) is 18.3. The molecule has 0 bridgehead atoms. The molecule has 1 amide bonds. The molecule has 5 rings (SSSR count). The lowest BCUT2D eigenvalue weighted by Gasteiger charge is -2.22. The standard InChI is InChI=1S/C23H23N3O2S/c1-2-15-7-5-11-20-21(15)25-23(29-20)26(14-16-8-6-12-28-16)22(27)18-13-24-19-10-4-3-9-17(18)19/h3-5,7,9-11,13,16,24H,2,6,8,12,14H2,1H3. The Kier molecular flexibility index (Phi) is 4.81. The molecule has 148 valence electrons. The zero-order chi connectivity index (χ0) is 19.8. The first-order valence-corrected chi connectivity index (χ1v) is 10.9. The van der Waals surface area contributed by atoms with Crippen molar-refractivity contribution < 1.29 is 9.53 Å². The molecule has 0 spiro atoms. The summed E-state index contributed by atoms with van der Waals surface area (Å²) in [6, 6.07) is 14.2. The smallest absolute Gasteiger partial charge is 0.262 e. The summed E-state index contributed by atoms with van der Waals surface area (Å²) in [5.41, 5.74) is 3.85. The third kappa shape index (κ3) is 3.32. The quantitative estimate of drug-likeness (QED) is 0.499. The Morgan fingerprint density at radius 1 is 1.28 bits per heavy atom. The molecular formula is C23H23N3O2S. The number of carbonyl (C=O) groups is 1. The summed E-state index contributed by atoms with van der Waals surface area (Å²) in [6.45, 7) is 3.42. The highest BCUT2D eigenvalue weighted by molar-refractivity contribution is 7.22. The van der Waals surface area contributed by atoms with Crippen LogP contribution in [-0.2, 0) is 11.2 Å². The Labute approximate surface area is 173 Å². The molecule has 5 nitrogen and oxygen atoms in total. The number of aryl methyl sites for hydroxylation is 1. The number of aromatic nitrogens is 2. The van der Waals surface area contributed by atoms with Gasteiger partial charge in [0, 0.05) is 23.7 Å². The van der Waals surface area contributed by atoms with E-state index in [0.29, 0.717) is 12.1 Å². The normalized spacial score (nSPS) is 16.7. The van der Waals surface area contributed by atoms with Crippen molar-refractivity contribution in [2.45, 2.75) is 32.3 Å². The number of fused-ring (bicyclic) bond motifs is 2. The van der Waals surface area contributed by atoms with Gasteiger partial charge in [-0.05, 0) is 37.0 Å². The summed E-state index contributed by atoms with van der Waals surface area (Å²) in [5.74, 6) is -0.0324. The maximum absolute atomic E-state index is 13.7. The second-order valence-electron chi connectivity index (χ2n) is 7.41. The van der Waals surface area contributed by atoms with Gasteiger partial charge in [-0.25, -0.2) is 4.98 Å². The van der Waals surface area contributed by atoms with Crippen LogP contribution in [0.3, 0.4) is 0 Å². The van der Waals surface area contributed by atoms with Gasteiger partial charge in [-0.1, -0.05) is 48.6 Å². The zero-order valence-electron chi connectivity index (χ0n) is 16.4. The molecule has 0 aliphatic carbocycles. The van der Waals surface area contributed by atoms with Gasteiger partial charge in [0.25, 0.3) is 5.91 Å². The monoisotopic (exact) mass is 405 g/mol. The SMILES string of the molecule is CCc1cccc2sc(N(CC3CCCO3)C(=O)c3c[nH]c4ccccc34)nc12. The van der Waals surface area contributed by atoms with E-state index in [-0.39, 0.29) is 12.0 Å². The van der Waals surface area contributed by atoms with E-state index in [1.165, 1.54) is 5.56 Å². The average molecular weight is 406 g/mol. The van der Waals surface area contributed by atoms with Crippen molar-refractivity contribution in [3.8, 4) is 0 Å². The molecule has 0 saturated carbocycles. The van der Waals surface area contributed by atoms with Gasteiger partial charge in [0.2, 0.25) is 0 Å². The molecule has 29 heavy (non-hydrogen) atoms. The minimum Gasteiger partial charge on any atom is -0.376 e. The van der Waals surface area contributed by atoms with Crippen LogP contribution in [0.25, 0.3) is 21.1 Å². The van der Waals surface area contributed by atoms with Crippen LogP contribution < -0.4 is 4.90 Å². The van der Waals surface area contributed by atoms with E-state index < -0.39 is 0 Å². The van der Waals surface area contributed by atoms with Crippen LogP contribution in [0.2, 0.25) is 0 Å². The lowest BCUT2D eigenvalue weighted by atomic mass is 10.1. The maximum atomic E-state index is 13.7. The molecule has 1 atom stereocenters. The van der Waals surface area contributed by atoms with Crippen molar-refractivity contribution in [1.82, 2.24) is 9.97 Å². The number of carbonyl (C=O) groups excluding carboxylic acids is 1. The van der Waals surface area contributed by atoms with Gasteiger partial charge >= 0.3 is 0 Å². The number of thiazole rings is 1. The molecule has 4 aromatic rings. The fraction of sp³-hybridized carbons (Fsp3) is 0.304. The van der Waals surface area contributed by atoms with Crippen molar-refractivity contribution in [2.24, 2.45) is 0 Å². The van der Waals surface area contributed by atoms with Gasteiger partial charge in [-0.15, -0.1) is 0 Å². The van der Waals surface area contributed by atoms with Crippen molar-refractivity contribution in [1.29, 1.82) is 0 Å². The molecule has 1 aliphatic heterocycles. The summed E-state index contributed by atoms with van der Waals surface area (Å²) in [6.07, 6.45) is 4.80. The van der Waals surface area contributed by atoms with E-state index in [0.717, 1.165) is 52.1 Å². The van der Waals surface area contributed by atoms with Crippen molar-refractivity contribution in [3.63, 3.8) is 0 Å². The minimum atomic E-state index is -0.0324. The number of hydrogen-bond donors (Lipinski definition) is 1. The molecule has 3 heterocycles. The summed E-state index contributed by atoms with van der Waals surface area (Å²) in [4.78, 5) is 23.6. The summed E-state index contributed by atoms with van der Waals surface area (Å²) in [5, 5.41) is 1.68. The van der Waals surface area contributed by atoms with Crippen LogP contribution in [-0.4, -0.2) is 35.1 Å². The molecule has 2 aromatic heterocycles. The Morgan fingerprint density at radius 2 is 2.17 bits per heavy atom. The molecule has 1 aliphatic rings. The first-order valence-electron chi connectivity index (χ1n) is 10.1. The number of H-pyrrole nitrogens is 1. The highest BCUT2D eigenvalue weighted by Gasteiger charge is 2.28. The number of para-hydroxylation sites is 2. The lowest BCUT2D eigenvalue weighted by molar-refractivity contribution is 0.0919. The summed E-state index contributed by atoms with van der Waals surface area (Å²) >= 11 is 1.58. The van der Waals surface area contributed by atoms with Crippen LogP contribution in [0.1, 0.15) is 35.7 Å².